The lowest BCUT2D eigenvalue weighted by Crippen LogP contribution is -2.23. The average molecular weight is 396 g/mol. The molecule has 0 atom stereocenters. The van der Waals surface area contributed by atoms with E-state index < -0.39 is 0 Å². The highest BCUT2D eigenvalue weighted by molar-refractivity contribution is 9.10. The second-order valence-electron chi connectivity index (χ2n) is 5.65. The smallest absolute Gasteiger partial charge is 0.220 e. The lowest BCUT2D eigenvalue weighted by atomic mass is 10.1. The van der Waals surface area contributed by atoms with E-state index >= 15 is 0 Å². The molecule has 0 saturated heterocycles. The summed E-state index contributed by atoms with van der Waals surface area (Å²) in [7, 11) is 0. The topological polar surface area (TPSA) is 54.9 Å². The summed E-state index contributed by atoms with van der Waals surface area (Å²) in [6.07, 6.45) is 6.43. The molecular formula is C20H18BrN3O. The SMILES string of the molecule is O=C(CCc1ccccc1Br)NCc1ccnc(-c2ccncc2)c1. The van der Waals surface area contributed by atoms with E-state index in [4.69, 9.17) is 0 Å². The van der Waals surface area contributed by atoms with Crippen LogP contribution in [-0.2, 0) is 17.8 Å². The van der Waals surface area contributed by atoms with Gasteiger partial charge in [-0.15, -0.1) is 0 Å². The van der Waals surface area contributed by atoms with Gasteiger partial charge in [-0.3, -0.25) is 14.8 Å². The van der Waals surface area contributed by atoms with Crippen LogP contribution in [0, 0.1) is 0 Å². The third-order valence-corrected chi connectivity index (χ3v) is 4.64. The average Bonchev–Trinajstić information content (AvgIpc) is 2.67. The Bertz CT molecular complexity index is 852. The Kier molecular flexibility index (Phi) is 5.90. The molecule has 0 saturated carbocycles. The summed E-state index contributed by atoms with van der Waals surface area (Å²) in [5.74, 6) is 0.0398. The highest BCUT2D eigenvalue weighted by atomic mass is 79.9. The number of hydrogen-bond donors (Lipinski definition) is 1. The number of carbonyl (C=O) groups excluding carboxylic acids is 1. The van der Waals surface area contributed by atoms with Crippen LogP contribution in [0.15, 0.2) is 71.6 Å². The molecule has 3 rings (SSSR count). The summed E-state index contributed by atoms with van der Waals surface area (Å²) in [4.78, 5) is 20.5. The lowest BCUT2D eigenvalue weighted by Gasteiger charge is -2.08. The van der Waals surface area contributed by atoms with Gasteiger partial charge in [-0.1, -0.05) is 34.1 Å². The van der Waals surface area contributed by atoms with Crippen molar-refractivity contribution in [3.05, 3.63) is 82.7 Å². The predicted octanol–water partition coefficient (Wildman–Crippen LogP) is 4.16. The summed E-state index contributed by atoms with van der Waals surface area (Å²) in [6.45, 7) is 0.495. The Morgan fingerprint density at radius 2 is 1.84 bits per heavy atom. The summed E-state index contributed by atoms with van der Waals surface area (Å²) < 4.78 is 1.04. The number of hydrogen-bond acceptors (Lipinski definition) is 3. The minimum Gasteiger partial charge on any atom is -0.352 e. The molecule has 0 bridgehead atoms. The third kappa shape index (κ3) is 4.97. The largest absolute Gasteiger partial charge is 0.352 e. The Labute approximate surface area is 155 Å². The fourth-order valence-electron chi connectivity index (χ4n) is 2.50. The number of carbonyl (C=O) groups is 1. The van der Waals surface area contributed by atoms with Crippen molar-refractivity contribution in [3.8, 4) is 11.3 Å². The second kappa shape index (κ2) is 8.53. The number of rotatable bonds is 6. The molecule has 4 nitrogen and oxygen atoms in total. The molecule has 0 unspecified atom stereocenters. The van der Waals surface area contributed by atoms with Gasteiger partial charge in [0.2, 0.25) is 5.91 Å². The van der Waals surface area contributed by atoms with Crippen molar-refractivity contribution in [3.63, 3.8) is 0 Å². The van der Waals surface area contributed by atoms with Crippen molar-refractivity contribution in [2.45, 2.75) is 19.4 Å². The molecule has 3 aromatic rings. The van der Waals surface area contributed by atoms with Crippen LogP contribution >= 0.6 is 15.9 Å². The van der Waals surface area contributed by atoms with Gasteiger partial charge in [0.1, 0.15) is 0 Å². The van der Waals surface area contributed by atoms with Gasteiger partial charge >= 0.3 is 0 Å². The maximum Gasteiger partial charge on any atom is 0.220 e. The minimum absolute atomic E-state index is 0.0398. The van der Waals surface area contributed by atoms with Gasteiger partial charge in [0.15, 0.2) is 0 Å². The monoisotopic (exact) mass is 395 g/mol. The minimum atomic E-state index is 0.0398. The molecule has 25 heavy (non-hydrogen) atoms. The zero-order chi connectivity index (χ0) is 17.5. The molecule has 1 N–H and O–H groups in total. The van der Waals surface area contributed by atoms with Gasteiger partial charge < -0.3 is 5.32 Å². The number of halogens is 1. The van der Waals surface area contributed by atoms with Crippen LogP contribution in [0.2, 0.25) is 0 Å². The molecule has 0 aliphatic carbocycles. The first-order valence-corrected chi connectivity index (χ1v) is 8.87. The third-order valence-electron chi connectivity index (χ3n) is 3.87. The lowest BCUT2D eigenvalue weighted by molar-refractivity contribution is -0.121. The summed E-state index contributed by atoms with van der Waals surface area (Å²) in [5, 5.41) is 2.97. The molecule has 5 heteroatoms. The van der Waals surface area contributed by atoms with Crippen LogP contribution in [0.1, 0.15) is 17.5 Å². The molecule has 126 valence electrons. The fourth-order valence-corrected chi connectivity index (χ4v) is 2.99. The van der Waals surface area contributed by atoms with Gasteiger partial charge in [0.05, 0.1) is 5.69 Å². The van der Waals surface area contributed by atoms with E-state index in [0.29, 0.717) is 19.4 Å². The van der Waals surface area contributed by atoms with E-state index in [-0.39, 0.29) is 5.91 Å². The fraction of sp³-hybridized carbons (Fsp3) is 0.150. The maximum absolute atomic E-state index is 12.1. The van der Waals surface area contributed by atoms with E-state index in [2.05, 4.69) is 31.2 Å². The van der Waals surface area contributed by atoms with Crippen molar-refractivity contribution >= 4 is 21.8 Å². The molecule has 1 aromatic carbocycles. The highest BCUT2D eigenvalue weighted by Gasteiger charge is 2.06. The maximum atomic E-state index is 12.1. The summed E-state index contributed by atoms with van der Waals surface area (Å²) in [6, 6.07) is 15.7. The van der Waals surface area contributed by atoms with E-state index in [1.807, 2.05) is 48.5 Å². The van der Waals surface area contributed by atoms with Gasteiger partial charge in [0, 0.05) is 41.6 Å². The Morgan fingerprint density at radius 3 is 2.64 bits per heavy atom. The zero-order valence-corrected chi connectivity index (χ0v) is 15.2. The number of aromatic nitrogens is 2. The Hall–Kier alpha value is -2.53. The number of aryl methyl sites for hydroxylation is 1. The molecule has 0 radical (unpaired) electrons. The Balaban J connectivity index is 1.55. The van der Waals surface area contributed by atoms with Gasteiger partial charge in [-0.05, 0) is 47.9 Å². The van der Waals surface area contributed by atoms with Crippen LogP contribution in [-0.4, -0.2) is 15.9 Å². The number of pyridine rings is 2. The van der Waals surface area contributed by atoms with E-state index in [1.54, 1.807) is 18.6 Å². The molecule has 2 aromatic heterocycles. The molecule has 1 amide bonds. The number of nitrogens with one attached hydrogen (secondary N) is 1. The first-order chi connectivity index (χ1) is 12.2. The standard InChI is InChI=1S/C20H18BrN3O/c21-18-4-2-1-3-16(18)5-6-20(25)24-14-15-7-12-23-19(13-15)17-8-10-22-11-9-17/h1-4,7-13H,5-6,14H2,(H,24,25). The molecule has 2 heterocycles. The van der Waals surface area contributed by atoms with Crippen molar-refractivity contribution in [1.82, 2.24) is 15.3 Å². The van der Waals surface area contributed by atoms with E-state index in [9.17, 15) is 4.79 Å². The van der Waals surface area contributed by atoms with Crippen LogP contribution in [0.3, 0.4) is 0 Å². The van der Waals surface area contributed by atoms with Crippen LogP contribution in [0.5, 0.6) is 0 Å². The number of amides is 1. The molecule has 0 aliphatic heterocycles. The number of nitrogens with zero attached hydrogens (tertiary/aromatic N) is 2. The van der Waals surface area contributed by atoms with E-state index in [0.717, 1.165) is 26.9 Å². The second-order valence-corrected chi connectivity index (χ2v) is 6.51. The number of benzene rings is 1. The van der Waals surface area contributed by atoms with Crippen molar-refractivity contribution in [1.29, 1.82) is 0 Å². The van der Waals surface area contributed by atoms with Crippen molar-refractivity contribution < 1.29 is 4.79 Å². The summed E-state index contributed by atoms with van der Waals surface area (Å²) >= 11 is 3.51. The van der Waals surface area contributed by atoms with Crippen LogP contribution in [0.4, 0.5) is 0 Å². The molecule has 0 aliphatic rings. The molecule has 0 spiro atoms. The first kappa shape index (κ1) is 17.3. The van der Waals surface area contributed by atoms with E-state index in [1.165, 1.54) is 0 Å². The highest BCUT2D eigenvalue weighted by Crippen LogP contribution is 2.18. The molecule has 0 fully saturated rings. The quantitative estimate of drug-likeness (QED) is 0.681. The van der Waals surface area contributed by atoms with Gasteiger partial charge in [-0.2, -0.15) is 0 Å². The molecular weight excluding hydrogens is 378 g/mol. The van der Waals surface area contributed by atoms with Crippen LogP contribution in [0.25, 0.3) is 11.3 Å². The predicted molar refractivity (Wildman–Crippen MR) is 102 cm³/mol. The van der Waals surface area contributed by atoms with Gasteiger partial charge in [-0.25, -0.2) is 0 Å². The Morgan fingerprint density at radius 1 is 1.04 bits per heavy atom. The zero-order valence-electron chi connectivity index (χ0n) is 13.7. The van der Waals surface area contributed by atoms with Crippen molar-refractivity contribution in [2.75, 3.05) is 0 Å². The normalized spacial score (nSPS) is 10.4. The summed E-state index contributed by atoms with van der Waals surface area (Å²) in [5.41, 5.74) is 4.05. The van der Waals surface area contributed by atoms with Crippen molar-refractivity contribution in [2.24, 2.45) is 0 Å². The van der Waals surface area contributed by atoms with Crippen LogP contribution < -0.4 is 5.32 Å². The van der Waals surface area contributed by atoms with Gasteiger partial charge in [0.25, 0.3) is 0 Å². The first-order valence-electron chi connectivity index (χ1n) is 8.08.